The monoisotopic (exact) mass is 245 g/mol. The summed E-state index contributed by atoms with van der Waals surface area (Å²) in [7, 11) is 0. The quantitative estimate of drug-likeness (QED) is 0.900. The summed E-state index contributed by atoms with van der Waals surface area (Å²) < 4.78 is 13.6. The fraction of sp³-hybridized carbons (Fsp3) is 0.286. The normalized spacial score (nSPS) is 10.9. The first kappa shape index (κ1) is 12.6. The van der Waals surface area contributed by atoms with Crippen LogP contribution >= 0.6 is 0 Å². The van der Waals surface area contributed by atoms with Crippen molar-refractivity contribution in [3.8, 4) is 11.1 Å². The number of hydrogen-bond acceptors (Lipinski definition) is 3. The number of nitrogens with zero attached hydrogens (tertiary/aromatic N) is 2. The van der Waals surface area contributed by atoms with Crippen LogP contribution < -0.4 is 5.32 Å². The molecule has 0 aliphatic heterocycles. The lowest BCUT2D eigenvalue weighted by atomic mass is 10.1. The molecule has 3 nitrogen and oxygen atoms in total. The summed E-state index contributed by atoms with van der Waals surface area (Å²) in [5.41, 5.74) is 2.35. The maximum Gasteiger partial charge on any atom is 0.149 e. The highest BCUT2D eigenvalue weighted by atomic mass is 19.1. The van der Waals surface area contributed by atoms with Crippen LogP contribution in [-0.2, 0) is 6.54 Å². The van der Waals surface area contributed by atoms with Crippen molar-refractivity contribution >= 4 is 0 Å². The lowest BCUT2D eigenvalue weighted by Crippen LogP contribution is -2.21. The topological polar surface area (TPSA) is 37.8 Å². The number of rotatable bonds is 4. The highest BCUT2D eigenvalue weighted by Gasteiger charge is 2.06. The van der Waals surface area contributed by atoms with E-state index in [2.05, 4.69) is 29.1 Å². The largest absolute Gasteiger partial charge is 0.310 e. The molecule has 94 valence electrons. The highest BCUT2D eigenvalue weighted by Crippen LogP contribution is 2.21. The minimum Gasteiger partial charge on any atom is -0.310 e. The van der Waals surface area contributed by atoms with E-state index in [0.717, 1.165) is 17.7 Å². The molecule has 0 radical (unpaired) electrons. The van der Waals surface area contributed by atoms with E-state index in [1.807, 2.05) is 6.07 Å². The zero-order valence-corrected chi connectivity index (χ0v) is 10.5. The van der Waals surface area contributed by atoms with Crippen LogP contribution in [0, 0.1) is 5.82 Å². The predicted molar refractivity (Wildman–Crippen MR) is 69.4 cm³/mol. The lowest BCUT2D eigenvalue weighted by Gasteiger charge is -2.09. The third-order valence-corrected chi connectivity index (χ3v) is 2.59. The molecule has 0 aliphatic rings. The number of pyridine rings is 2. The first-order valence-electron chi connectivity index (χ1n) is 5.94. The number of nitrogens with one attached hydrogen (secondary N) is 1. The van der Waals surface area contributed by atoms with Crippen molar-refractivity contribution in [3.05, 3.63) is 48.3 Å². The van der Waals surface area contributed by atoms with Crippen LogP contribution in [-0.4, -0.2) is 16.0 Å². The molecule has 1 N–H and O–H groups in total. The maximum absolute atomic E-state index is 13.6. The molecule has 0 aromatic carbocycles. The van der Waals surface area contributed by atoms with Gasteiger partial charge in [0.1, 0.15) is 5.82 Å². The lowest BCUT2D eigenvalue weighted by molar-refractivity contribution is 0.588. The molecular weight excluding hydrogens is 229 g/mol. The summed E-state index contributed by atoms with van der Waals surface area (Å²) in [6.45, 7) is 4.89. The standard InChI is InChI=1S/C14H16FN3/c1-10(2)18-7-11-5-12(8-17-6-11)13-3-4-16-9-14(13)15/h3-6,8-10,18H,7H2,1-2H3. The van der Waals surface area contributed by atoms with E-state index in [1.165, 1.54) is 6.20 Å². The van der Waals surface area contributed by atoms with Gasteiger partial charge in [-0.15, -0.1) is 0 Å². The second kappa shape index (κ2) is 5.69. The van der Waals surface area contributed by atoms with E-state index in [-0.39, 0.29) is 5.82 Å². The van der Waals surface area contributed by atoms with Crippen LogP contribution in [0.25, 0.3) is 11.1 Å². The second-order valence-corrected chi connectivity index (χ2v) is 4.47. The van der Waals surface area contributed by atoms with Gasteiger partial charge in [0.15, 0.2) is 0 Å². The molecule has 0 amide bonds. The van der Waals surface area contributed by atoms with Gasteiger partial charge in [0, 0.05) is 42.3 Å². The Labute approximate surface area is 106 Å². The molecule has 18 heavy (non-hydrogen) atoms. The van der Waals surface area contributed by atoms with Crippen molar-refractivity contribution < 1.29 is 4.39 Å². The average molecular weight is 245 g/mol. The fourth-order valence-electron chi connectivity index (χ4n) is 1.66. The van der Waals surface area contributed by atoms with Gasteiger partial charge >= 0.3 is 0 Å². The van der Waals surface area contributed by atoms with Crippen molar-refractivity contribution in [2.45, 2.75) is 26.4 Å². The molecule has 0 spiro atoms. The molecule has 0 atom stereocenters. The summed E-state index contributed by atoms with van der Waals surface area (Å²) in [6.07, 6.45) is 6.25. The van der Waals surface area contributed by atoms with Crippen LogP contribution in [0.5, 0.6) is 0 Å². The molecular formula is C14H16FN3. The summed E-state index contributed by atoms with van der Waals surface area (Å²) in [6, 6.07) is 4.01. The molecule has 0 saturated carbocycles. The van der Waals surface area contributed by atoms with Crippen molar-refractivity contribution in [1.29, 1.82) is 0 Å². The van der Waals surface area contributed by atoms with Crippen molar-refractivity contribution in [1.82, 2.24) is 15.3 Å². The summed E-state index contributed by atoms with van der Waals surface area (Å²) in [4.78, 5) is 7.90. The first-order valence-corrected chi connectivity index (χ1v) is 5.94. The first-order chi connectivity index (χ1) is 8.66. The van der Waals surface area contributed by atoms with E-state index in [0.29, 0.717) is 11.6 Å². The van der Waals surface area contributed by atoms with Gasteiger partial charge in [-0.1, -0.05) is 13.8 Å². The van der Waals surface area contributed by atoms with Crippen LogP contribution in [0.4, 0.5) is 4.39 Å². The maximum atomic E-state index is 13.6. The zero-order valence-electron chi connectivity index (χ0n) is 10.5. The van der Waals surface area contributed by atoms with E-state index >= 15 is 0 Å². The highest BCUT2D eigenvalue weighted by molar-refractivity contribution is 5.63. The Morgan fingerprint density at radius 1 is 1.22 bits per heavy atom. The Morgan fingerprint density at radius 2 is 2.06 bits per heavy atom. The van der Waals surface area contributed by atoms with E-state index in [9.17, 15) is 4.39 Å². The summed E-state index contributed by atoms with van der Waals surface area (Å²) in [5.74, 6) is -0.326. The molecule has 2 rings (SSSR count). The summed E-state index contributed by atoms with van der Waals surface area (Å²) in [5, 5.41) is 3.31. The fourth-order valence-corrected chi connectivity index (χ4v) is 1.66. The molecule has 2 heterocycles. The third-order valence-electron chi connectivity index (χ3n) is 2.59. The Bertz CT molecular complexity index is 526. The third kappa shape index (κ3) is 3.11. The smallest absolute Gasteiger partial charge is 0.149 e. The van der Waals surface area contributed by atoms with Gasteiger partial charge in [-0.2, -0.15) is 0 Å². The molecule has 0 aliphatic carbocycles. The van der Waals surface area contributed by atoms with Gasteiger partial charge in [0.05, 0.1) is 6.20 Å². The van der Waals surface area contributed by atoms with Crippen LogP contribution in [0.3, 0.4) is 0 Å². The van der Waals surface area contributed by atoms with Gasteiger partial charge in [-0.25, -0.2) is 4.39 Å². The Balaban J connectivity index is 2.25. The minimum absolute atomic E-state index is 0.326. The molecule has 0 unspecified atom stereocenters. The molecule has 2 aromatic rings. The SMILES string of the molecule is CC(C)NCc1cncc(-c2ccncc2F)c1. The molecule has 0 fully saturated rings. The zero-order chi connectivity index (χ0) is 13.0. The van der Waals surface area contributed by atoms with E-state index in [4.69, 9.17) is 0 Å². The van der Waals surface area contributed by atoms with E-state index in [1.54, 1.807) is 24.7 Å². The Morgan fingerprint density at radius 3 is 2.78 bits per heavy atom. The van der Waals surface area contributed by atoms with Gasteiger partial charge in [-0.05, 0) is 17.7 Å². The Hall–Kier alpha value is -1.81. The van der Waals surface area contributed by atoms with Gasteiger partial charge in [0.25, 0.3) is 0 Å². The molecule has 4 heteroatoms. The second-order valence-electron chi connectivity index (χ2n) is 4.47. The minimum atomic E-state index is -0.326. The van der Waals surface area contributed by atoms with Gasteiger partial charge < -0.3 is 5.32 Å². The van der Waals surface area contributed by atoms with E-state index < -0.39 is 0 Å². The summed E-state index contributed by atoms with van der Waals surface area (Å²) >= 11 is 0. The predicted octanol–water partition coefficient (Wildman–Crippen LogP) is 2.78. The van der Waals surface area contributed by atoms with Crippen LogP contribution in [0.15, 0.2) is 36.9 Å². The average Bonchev–Trinajstić information content (AvgIpc) is 2.37. The van der Waals surface area contributed by atoms with Crippen LogP contribution in [0.1, 0.15) is 19.4 Å². The van der Waals surface area contributed by atoms with Gasteiger partial charge in [0.2, 0.25) is 0 Å². The number of halogens is 1. The molecule has 2 aromatic heterocycles. The number of hydrogen-bond donors (Lipinski definition) is 1. The number of aromatic nitrogens is 2. The van der Waals surface area contributed by atoms with Crippen molar-refractivity contribution in [2.75, 3.05) is 0 Å². The van der Waals surface area contributed by atoms with Gasteiger partial charge in [-0.3, -0.25) is 9.97 Å². The molecule has 0 saturated heterocycles. The van der Waals surface area contributed by atoms with Crippen LogP contribution in [0.2, 0.25) is 0 Å². The van der Waals surface area contributed by atoms with Crippen molar-refractivity contribution in [2.24, 2.45) is 0 Å². The Kier molecular flexibility index (Phi) is 3.99. The van der Waals surface area contributed by atoms with Crippen molar-refractivity contribution in [3.63, 3.8) is 0 Å². The molecule has 0 bridgehead atoms.